The lowest BCUT2D eigenvalue weighted by atomic mass is 10.0. The van der Waals surface area contributed by atoms with Crippen molar-refractivity contribution in [2.75, 3.05) is 26.2 Å². The highest BCUT2D eigenvalue weighted by Crippen LogP contribution is 2.44. The number of nitrogens with zero attached hydrogens (tertiary/aromatic N) is 2. The summed E-state index contributed by atoms with van der Waals surface area (Å²) < 4.78 is 7.02. The summed E-state index contributed by atoms with van der Waals surface area (Å²) in [6, 6.07) is 7.24. The second-order valence-electron chi connectivity index (χ2n) is 7.38. The molecule has 0 bridgehead atoms. The number of nitrogens with two attached hydrogens (primary N) is 1. The summed E-state index contributed by atoms with van der Waals surface area (Å²) in [6.07, 6.45) is 1.61. The Morgan fingerprint density at radius 1 is 1.23 bits per heavy atom. The van der Waals surface area contributed by atoms with E-state index in [1.807, 2.05) is 23.1 Å². The van der Waals surface area contributed by atoms with Crippen molar-refractivity contribution in [3.8, 4) is 16.9 Å². The van der Waals surface area contributed by atoms with Crippen molar-refractivity contribution in [3.05, 3.63) is 45.9 Å². The van der Waals surface area contributed by atoms with Gasteiger partial charge in [-0.05, 0) is 24.3 Å². The van der Waals surface area contributed by atoms with Gasteiger partial charge in [-0.2, -0.15) is 0 Å². The molecular formula is C21H19ClN4O3S. The monoisotopic (exact) mass is 442 g/mol. The Balaban J connectivity index is 1.55. The van der Waals surface area contributed by atoms with Crippen LogP contribution in [0.1, 0.15) is 15.2 Å². The molecular weight excluding hydrogens is 424 g/mol. The number of hydrogen-bond acceptors (Lipinski definition) is 6. The SMILES string of the molecule is NC(=O)c1cc2nccc(-c3cc(Cl)cc4c3OC(C(=O)N3CCNCC3)C4)c2s1. The van der Waals surface area contributed by atoms with Crippen molar-refractivity contribution in [2.24, 2.45) is 5.73 Å². The molecule has 9 heteroatoms. The molecule has 0 aliphatic carbocycles. The second kappa shape index (κ2) is 7.54. The number of pyridine rings is 1. The first kappa shape index (κ1) is 19.3. The molecule has 0 radical (unpaired) electrons. The third-order valence-corrected chi connectivity index (χ3v) is 6.84. The Labute approximate surface area is 181 Å². The van der Waals surface area contributed by atoms with Gasteiger partial charge in [0.2, 0.25) is 0 Å². The van der Waals surface area contributed by atoms with Crippen molar-refractivity contribution in [1.29, 1.82) is 0 Å². The molecule has 3 N–H and O–H groups in total. The van der Waals surface area contributed by atoms with E-state index < -0.39 is 12.0 Å². The number of fused-ring (bicyclic) bond motifs is 2. The summed E-state index contributed by atoms with van der Waals surface area (Å²) in [5, 5.41) is 3.82. The summed E-state index contributed by atoms with van der Waals surface area (Å²) in [6.45, 7) is 2.94. The summed E-state index contributed by atoms with van der Waals surface area (Å²) in [5.41, 5.74) is 8.69. The van der Waals surface area contributed by atoms with Gasteiger partial charge in [0.1, 0.15) is 5.75 Å². The van der Waals surface area contributed by atoms with Crippen LogP contribution in [0.25, 0.3) is 21.3 Å². The average molecular weight is 443 g/mol. The zero-order valence-electron chi connectivity index (χ0n) is 16.0. The van der Waals surface area contributed by atoms with Crippen LogP contribution in [-0.4, -0.2) is 54.0 Å². The normalized spacial score (nSPS) is 18.3. The Hall–Kier alpha value is -2.68. The highest BCUT2D eigenvalue weighted by molar-refractivity contribution is 7.21. The van der Waals surface area contributed by atoms with Gasteiger partial charge in [-0.25, -0.2) is 0 Å². The topological polar surface area (TPSA) is 97.5 Å². The highest BCUT2D eigenvalue weighted by atomic mass is 35.5. The number of carbonyl (C=O) groups is 2. The highest BCUT2D eigenvalue weighted by Gasteiger charge is 2.35. The molecule has 30 heavy (non-hydrogen) atoms. The first-order valence-corrected chi connectivity index (χ1v) is 10.9. The number of carbonyl (C=O) groups excluding carboxylic acids is 2. The largest absolute Gasteiger partial charge is 0.479 e. The molecule has 2 aromatic heterocycles. The van der Waals surface area contributed by atoms with E-state index in [0.29, 0.717) is 40.7 Å². The second-order valence-corrected chi connectivity index (χ2v) is 8.86. The molecule has 1 atom stereocenters. The van der Waals surface area contributed by atoms with Crippen LogP contribution >= 0.6 is 22.9 Å². The van der Waals surface area contributed by atoms with Crippen molar-refractivity contribution in [3.63, 3.8) is 0 Å². The number of thiophene rings is 1. The predicted octanol–water partition coefficient (Wildman–Crippen LogP) is 2.45. The number of hydrogen-bond donors (Lipinski definition) is 2. The lowest BCUT2D eigenvalue weighted by Crippen LogP contribution is -2.50. The Bertz CT molecular complexity index is 1170. The molecule has 2 amide bonds. The van der Waals surface area contributed by atoms with Crippen LogP contribution < -0.4 is 15.8 Å². The fraction of sp³-hybridized carbons (Fsp3) is 0.286. The molecule has 2 aliphatic rings. The van der Waals surface area contributed by atoms with E-state index in [2.05, 4.69) is 10.3 Å². The number of amides is 2. The van der Waals surface area contributed by atoms with Gasteiger partial charge in [0.25, 0.3) is 11.8 Å². The maximum Gasteiger partial charge on any atom is 0.264 e. The third-order valence-electron chi connectivity index (χ3n) is 5.45. The molecule has 154 valence electrons. The van der Waals surface area contributed by atoms with Crippen molar-refractivity contribution < 1.29 is 14.3 Å². The zero-order valence-corrected chi connectivity index (χ0v) is 17.6. The fourth-order valence-electron chi connectivity index (χ4n) is 4.02. The lowest BCUT2D eigenvalue weighted by molar-refractivity contribution is -0.138. The number of primary amides is 1. The summed E-state index contributed by atoms with van der Waals surface area (Å²) in [4.78, 5) is 31.3. The predicted molar refractivity (Wildman–Crippen MR) is 116 cm³/mol. The standard InChI is InChI=1S/C21H19ClN4O3S/c22-12-7-11-8-16(21(28)26-5-3-24-4-6-26)29-18(11)14(9-12)13-1-2-25-15-10-17(20(23)27)30-19(13)15/h1-2,7,9-10,16,24H,3-6,8H2,(H2,23,27). The minimum atomic E-state index is -0.558. The lowest BCUT2D eigenvalue weighted by Gasteiger charge is -2.29. The number of ether oxygens (including phenoxy) is 1. The van der Waals surface area contributed by atoms with Crippen LogP contribution in [-0.2, 0) is 11.2 Å². The molecule has 5 rings (SSSR count). The van der Waals surface area contributed by atoms with Gasteiger partial charge in [-0.1, -0.05) is 11.6 Å². The van der Waals surface area contributed by atoms with Gasteiger partial charge in [0.05, 0.1) is 15.1 Å². The van der Waals surface area contributed by atoms with Gasteiger partial charge in [-0.15, -0.1) is 11.3 Å². The van der Waals surface area contributed by atoms with E-state index in [1.54, 1.807) is 12.3 Å². The van der Waals surface area contributed by atoms with Gasteiger partial charge >= 0.3 is 0 Å². The minimum absolute atomic E-state index is 0.00165. The van der Waals surface area contributed by atoms with Gasteiger partial charge in [-0.3, -0.25) is 14.6 Å². The maximum absolute atomic E-state index is 13.0. The quantitative estimate of drug-likeness (QED) is 0.649. The van der Waals surface area contributed by atoms with Crippen LogP contribution in [0.2, 0.25) is 5.02 Å². The number of aromatic nitrogens is 1. The number of rotatable bonds is 3. The summed E-state index contributed by atoms with van der Waals surface area (Å²) in [7, 11) is 0. The van der Waals surface area contributed by atoms with Crippen molar-refractivity contribution in [2.45, 2.75) is 12.5 Å². The number of nitrogens with one attached hydrogen (secondary N) is 1. The van der Waals surface area contributed by atoms with Crippen LogP contribution in [0, 0.1) is 0 Å². The molecule has 2 aliphatic heterocycles. The van der Waals surface area contributed by atoms with E-state index in [9.17, 15) is 9.59 Å². The molecule has 0 saturated carbocycles. The molecule has 1 fully saturated rings. The number of benzene rings is 1. The fourth-order valence-corrected chi connectivity index (χ4v) is 5.26. The van der Waals surface area contributed by atoms with E-state index in [1.165, 1.54) is 11.3 Å². The molecule has 1 aromatic carbocycles. The molecule has 4 heterocycles. The Morgan fingerprint density at radius 2 is 2.03 bits per heavy atom. The first-order chi connectivity index (χ1) is 14.5. The van der Waals surface area contributed by atoms with Gasteiger partial charge < -0.3 is 20.7 Å². The van der Waals surface area contributed by atoms with E-state index in [-0.39, 0.29) is 5.91 Å². The van der Waals surface area contributed by atoms with Crippen LogP contribution in [0.4, 0.5) is 0 Å². The zero-order chi connectivity index (χ0) is 20.8. The van der Waals surface area contributed by atoms with E-state index >= 15 is 0 Å². The average Bonchev–Trinajstić information content (AvgIpc) is 3.37. The maximum atomic E-state index is 13.0. The molecule has 1 saturated heterocycles. The molecule has 1 unspecified atom stereocenters. The van der Waals surface area contributed by atoms with Crippen LogP contribution in [0.5, 0.6) is 5.75 Å². The third kappa shape index (κ3) is 3.30. The summed E-state index contributed by atoms with van der Waals surface area (Å²) >= 11 is 7.71. The molecule has 7 nitrogen and oxygen atoms in total. The molecule has 3 aromatic rings. The Kier molecular flexibility index (Phi) is 4.85. The van der Waals surface area contributed by atoms with E-state index in [0.717, 1.165) is 34.5 Å². The van der Waals surface area contributed by atoms with Crippen molar-refractivity contribution in [1.82, 2.24) is 15.2 Å². The van der Waals surface area contributed by atoms with Crippen molar-refractivity contribution >= 4 is 45.0 Å². The smallest absolute Gasteiger partial charge is 0.264 e. The Morgan fingerprint density at radius 3 is 2.80 bits per heavy atom. The molecule has 0 spiro atoms. The minimum Gasteiger partial charge on any atom is -0.479 e. The van der Waals surface area contributed by atoms with E-state index in [4.69, 9.17) is 22.1 Å². The van der Waals surface area contributed by atoms with Crippen LogP contribution in [0.3, 0.4) is 0 Å². The van der Waals surface area contributed by atoms with Gasteiger partial charge in [0.15, 0.2) is 6.10 Å². The first-order valence-electron chi connectivity index (χ1n) is 9.68. The van der Waals surface area contributed by atoms with Crippen LogP contribution in [0.15, 0.2) is 30.5 Å². The summed E-state index contributed by atoms with van der Waals surface area (Å²) in [5.74, 6) is 0.175. The number of halogens is 1. The number of piperazine rings is 1. The van der Waals surface area contributed by atoms with Gasteiger partial charge in [0, 0.05) is 60.5 Å².